The smallest absolute Gasteiger partial charge is 0.256 e. The molecular weight excluding hydrogens is 316 g/mol. The number of aromatic amines is 2. The van der Waals surface area contributed by atoms with Gasteiger partial charge in [0.2, 0.25) is 0 Å². The van der Waals surface area contributed by atoms with E-state index in [1.807, 2.05) is 25.1 Å². The van der Waals surface area contributed by atoms with Gasteiger partial charge in [-0.2, -0.15) is 10.2 Å². The van der Waals surface area contributed by atoms with Crippen molar-refractivity contribution in [2.45, 2.75) is 38.5 Å². The first-order valence-electron chi connectivity index (χ1n) is 8.55. The molecule has 0 saturated heterocycles. The van der Waals surface area contributed by atoms with Crippen LogP contribution in [0.4, 0.5) is 5.82 Å². The average Bonchev–Trinajstić information content (AvgIpc) is 3.36. The normalized spacial score (nSPS) is 14.8. The summed E-state index contributed by atoms with van der Waals surface area (Å²) in [5, 5.41) is 17.0. The van der Waals surface area contributed by atoms with Crippen LogP contribution in [-0.4, -0.2) is 31.3 Å². The second-order valence-corrected chi connectivity index (χ2v) is 6.47. The monoisotopic (exact) mass is 336 g/mol. The maximum atomic E-state index is 12.4. The first kappa shape index (κ1) is 15.6. The highest BCUT2D eigenvalue weighted by molar-refractivity contribution is 6.04. The Morgan fingerprint density at radius 1 is 1.12 bits per heavy atom. The number of nitrogens with zero attached hydrogens (tertiary/aromatic N) is 3. The van der Waals surface area contributed by atoms with Crippen molar-refractivity contribution in [1.82, 2.24) is 25.4 Å². The lowest BCUT2D eigenvalue weighted by molar-refractivity contribution is 0.102. The van der Waals surface area contributed by atoms with Crippen LogP contribution in [-0.2, 0) is 0 Å². The Labute approximate surface area is 145 Å². The molecule has 1 aromatic carbocycles. The van der Waals surface area contributed by atoms with Crippen LogP contribution in [0.25, 0.3) is 11.4 Å². The van der Waals surface area contributed by atoms with E-state index in [0.717, 1.165) is 17.1 Å². The second-order valence-electron chi connectivity index (χ2n) is 6.47. The zero-order valence-corrected chi connectivity index (χ0v) is 14.0. The molecule has 0 aliphatic heterocycles. The number of rotatable bonds is 4. The van der Waals surface area contributed by atoms with Gasteiger partial charge in [-0.25, -0.2) is 4.98 Å². The number of hydrogen-bond acceptors (Lipinski definition) is 4. The first-order chi connectivity index (χ1) is 12.2. The zero-order valence-electron chi connectivity index (χ0n) is 14.0. The molecule has 25 heavy (non-hydrogen) atoms. The molecule has 1 amide bonds. The molecule has 0 spiro atoms. The van der Waals surface area contributed by atoms with Crippen molar-refractivity contribution >= 4 is 11.7 Å². The Morgan fingerprint density at radius 2 is 1.88 bits per heavy atom. The summed E-state index contributed by atoms with van der Waals surface area (Å²) in [4.78, 5) is 16.7. The first-order valence-corrected chi connectivity index (χ1v) is 8.55. The molecule has 2 aromatic heterocycles. The Hall–Kier alpha value is -2.96. The number of amides is 1. The van der Waals surface area contributed by atoms with Gasteiger partial charge in [-0.05, 0) is 31.9 Å². The number of aryl methyl sites for hydroxylation is 1. The van der Waals surface area contributed by atoms with E-state index in [4.69, 9.17) is 0 Å². The summed E-state index contributed by atoms with van der Waals surface area (Å²) in [5.41, 5.74) is 2.55. The van der Waals surface area contributed by atoms with Gasteiger partial charge in [0, 0.05) is 28.8 Å². The zero-order chi connectivity index (χ0) is 17.2. The average molecular weight is 336 g/mol. The van der Waals surface area contributed by atoms with E-state index in [1.54, 1.807) is 12.1 Å². The number of carbonyl (C=O) groups excluding carboxylic acids is 1. The Bertz CT molecular complexity index is 873. The van der Waals surface area contributed by atoms with E-state index >= 15 is 0 Å². The molecule has 0 radical (unpaired) electrons. The van der Waals surface area contributed by atoms with Crippen LogP contribution in [0.1, 0.15) is 53.5 Å². The van der Waals surface area contributed by atoms with Gasteiger partial charge in [-0.3, -0.25) is 15.0 Å². The molecule has 3 aromatic rings. The number of nitrogens with one attached hydrogen (secondary N) is 3. The van der Waals surface area contributed by atoms with Gasteiger partial charge in [0.15, 0.2) is 11.6 Å². The SMILES string of the molecule is Cc1nc(-c2ccc(C(=O)Nc3cc(C4CCCC4)[nH]n3)cc2)n[nH]1. The lowest BCUT2D eigenvalue weighted by Gasteiger charge is -2.04. The van der Waals surface area contributed by atoms with Crippen LogP contribution in [0.2, 0.25) is 0 Å². The molecule has 7 heteroatoms. The highest BCUT2D eigenvalue weighted by Crippen LogP contribution is 2.33. The fraction of sp³-hybridized carbons (Fsp3) is 0.333. The number of carbonyl (C=O) groups is 1. The summed E-state index contributed by atoms with van der Waals surface area (Å²) < 4.78 is 0. The maximum absolute atomic E-state index is 12.4. The summed E-state index contributed by atoms with van der Waals surface area (Å²) >= 11 is 0. The molecule has 1 saturated carbocycles. The summed E-state index contributed by atoms with van der Waals surface area (Å²) in [7, 11) is 0. The number of hydrogen-bond donors (Lipinski definition) is 3. The molecule has 4 rings (SSSR count). The molecule has 1 fully saturated rings. The maximum Gasteiger partial charge on any atom is 0.256 e. The van der Waals surface area contributed by atoms with E-state index in [2.05, 4.69) is 30.7 Å². The minimum absolute atomic E-state index is 0.179. The van der Waals surface area contributed by atoms with Crippen LogP contribution in [0.5, 0.6) is 0 Å². The topological polar surface area (TPSA) is 99.3 Å². The molecule has 0 atom stereocenters. The fourth-order valence-electron chi connectivity index (χ4n) is 3.28. The molecule has 2 heterocycles. The van der Waals surface area contributed by atoms with Crippen molar-refractivity contribution < 1.29 is 4.79 Å². The molecule has 1 aliphatic carbocycles. The molecular formula is C18H20N6O. The highest BCUT2D eigenvalue weighted by atomic mass is 16.1. The third kappa shape index (κ3) is 3.31. The van der Waals surface area contributed by atoms with Crippen LogP contribution >= 0.6 is 0 Å². The molecule has 128 valence electrons. The van der Waals surface area contributed by atoms with Crippen molar-refractivity contribution in [3.05, 3.63) is 47.4 Å². The summed E-state index contributed by atoms with van der Waals surface area (Å²) in [6.07, 6.45) is 4.92. The molecule has 0 bridgehead atoms. The Balaban J connectivity index is 1.44. The van der Waals surface area contributed by atoms with Crippen molar-refractivity contribution in [2.24, 2.45) is 0 Å². The van der Waals surface area contributed by atoms with E-state index in [0.29, 0.717) is 23.1 Å². The van der Waals surface area contributed by atoms with Gasteiger partial charge in [0.05, 0.1) is 0 Å². The second kappa shape index (κ2) is 6.51. The van der Waals surface area contributed by atoms with Crippen molar-refractivity contribution in [3.63, 3.8) is 0 Å². The molecule has 3 N–H and O–H groups in total. The molecule has 7 nitrogen and oxygen atoms in total. The molecule has 0 unspecified atom stereocenters. The van der Waals surface area contributed by atoms with E-state index in [9.17, 15) is 4.79 Å². The Morgan fingerprint density at radius 3 is 2.56 bits per heavy atom. The standard InChI is InChI=1S/C18H20N6O/c1-11-19-17(24-21-11)13-6-8-14(9-7-13)18(25)20-16-10-15(22-23-16)12-4-2-3-5-12/h6-10,12H,2-5H2,1H3,(H,19,21,24)(H2,20,22,23,25). The minimum Gasteiger partial charge on any atom is -0.305 e. The third-order valence-corrected chi connectivity index (χ3v) is 4.64. The highest BCUT2D eigenvalue weighted by Gasteiger charge is 2.19. The summed E-state index contributed by atoms with van der Waals surface area (Å²) in [6, 6.07) is 9.15. The van der Waals surface area contributed by atoms with Crippen LogP contribution in [0, 0.1) is 6.92 Å². The Kier molecular flexibility index (Phi) is 4.05. The van der Waals surface area contributed by atoms with Crippen LogP contribution in [0.15, 0.2) is 30.3 Å². The number of H-pyrrole nitrogens is 2. The van der Waals surface area contributed by atoms with E-state index in [-0.39, 0.29) is 5.91 Å². The van der Waals surface area contributed by atoms with Gasteiger partial charge in [-0.1, -0.05) is 25.0 Å². The van der Waals surface area contributed by atoms with Crippen LogP contribution in [0.3, 0.4) is 0 Å². The fourth-order valence-corrected chi connectivity index (χ4v) is 3.28. The minimum atomic E-state index is -0.179. The van der Waals surface area contributed by atoms with Gasteiger partial charge >= 0.3 is 0 Å². The van der Waals surface area contributed by atoms with Crippen molar-refractivity contribution in [1.29, 1.82) is 0 Å². The third-order valence-electron chi connectivity index (χ3n) is 4.64. The largest absolute Gasteiger partial charge is 0.305 e. The van der Waals surface area contributed by atoms with Crippen molar-refractivity contribution in [3.8, 4) is 11.4 Å². The summed E-state index contributed by atoms with van der Waals surface area (Å²) in [6.45, 7) is 1.85. The van der Waals surface area contributed by atoms with E-state index < -0.39 is 0 Å². The lowest BCUT2D eigenvalue weighted by atomic mass is 10.0. The lowest BCUT2D eigenvalue weighted by Crippen LogP contribution is -2.12. The van der Waals surface area contributed by atoms with Gasteiger partial charge in [0.1, 0.15) is 5.82 Å². The number of benzene rings is 1. The quantitative estimate of drug-likeness (QED) is 0.680. The van der Waals surface area contributed by atoms with Crippen LogP contribution < -0.4 is 5.32 Å². The van der Waals surface area contributed by atoms with E-state index in [1.165, 1.54) is 25.7 Å². The predicted molar refractivity (Wildman–Crippen MR) is 94.3 cm³/mol. The van der Waals surface area contributed by atoms with Crippen molar-refractivity contribution in [2.75, 3.05) is 5.32 Å². The van der Waals surface area contributed by atoms with Gasteiger partial charge < -0.3 is 5.32 Å². The summed E-state index contributed by atoms with van der Waals surface area (Å²) in [5.74, 6) is 2.32. The van der Waals surface area contributed by atoms with Gasteiger partial charge in [0.25, 0.3) is 5.91 Å². The predicted octanol–water partition coefficient (Wildman–Crippen LogP) is 3.41. The number of aromatic nitrogens is 5. The molecule has 1 aliphatic rings. The van der Waals surface area contributed by atoms with Gasteiger partial charge in [-0.15, -0.1) is 0 Å². The number of anilines is 1.